The predicted octanol–water partition coefficient (Wildman–Crippen LogP) is 0.427. The molecule has 1 rings (SSSR count). The van der Waals surface area contributed by atoms with E-state index in [9.17, 15) is 4.79 Å². The van der Waals surface area contributed by atoms with Gasteiger partial charge in [-0.3, -0.25) is 9.78 Å². The fourth-order valence-electron chi connectivity index (χ4n) is 1.09. The molecule has 4 nitrogen and oxygen atoms in total. The number of aliphatic hydroxyl groups is 1. The molecule has 0 saturated heterocycles. The second-order valence-electron chi connectivity index (χ2n) is 2.60. The van der Waals surface area contributed by atoms with Gasteiger partial charge in [-0.25, -0.2) is 0 Å². The van der Waals surface area contributed by atoms with Gasteiger partial charge < -0.3 is 10.0 Å². The smallest absolute Gasteiger partial charge is 0.223 e. The zero-order chi connectivity index (χ0) is 9.68. The average Bonchev–Trinajstić information content (AvgIpc) is 2.15. The van der Waals surface area contributed by atoms with E-state index in [0.717, 1.165) is 5.69 Å². The van der Waals surface area contributed by atoms with E-state index < -0.39 is 0 Å². The highest BCUT2D eigenvalue weighted by Crippen LogP contribution is 2.11. The number of carbonyl (C=O) groups is 1. The first-order valence-corrected chi connectivity index (χ1v) is 4.04. The van der Waals surface area contributed by atoms with Crippen molar-refractivity contribution in [2.45, 2.75) is 6.92 Å². The molecule has 1 amide bonds. The van der Waals surface area contributed by atoms with Crippen molar-refractivity contribution < 1.29 is 9.90 Å². The SMILES string of the molecule is CC(=O)N(CCO)c1ccncc1. The molecular weight excluding hydrogens is 168 g/mol. The molecular formula is C9H12N2O2. The van der Waals surface area contributed by atoms with Crippen molar-refractivity contribution in [2.24, 2.45) is 0 Å². The Morgan fingerprint density at radius 1 is 1.54 bits per heavy atom. The minimum atomic E-state index is -0.0831. The second kappa shape index (κ2) is 4.57. The van der Waals surface area contributed by atoms with Crippen molar-refractivity contribution in [3.05, 3.63) is 24.5 Å². The number of aliphatic hydroxyl groups excluding tert-OH is 1. The van der Waals surface area contributed by atoms with E-state index in [0.29, 0.717) is 6.54 Å². The topological polar surface area (TPSA) is 53.4 Å². The number of hydrogen-bond acceptors (Lipinski definition) is 3. The molecule has 0 fully saturated rings. The normalized spacial score (nSPS) is 9.69. The molecule has 1 aromatic heterocycles. The summed E-state index contributed by atoms with van der Waals surface area (Å²) in [5, 5.41) is 8.74. The highest BCUT2D eigenvalue weighted by atomic mass is 16.3. The second-order valence-corrected chi connectivity index (χ2v) is 2.60. The van der Waals surface area contributed by atoms with Gasteiger partial charge in [-0.1, -0.05) is 0 Å². The van der Waals surface area contributed by atoms with Gasteiger partial charge in [0.25, 0.3) is 0 Å². The number of nitrogens with zero attached hydrogens (tertiary/aromatic N) is 2. The summed E-state index contributed by atoms with van der Waals surface area (Å²) in [5.41, 5.74) is 0.761. The Kier molecular flexibility index (Phi) is 3.40. The Morgan fingerprint density at radius 2 is 2.15 bits per heavy atom. The summed E-state index contributed by atoms with van der Waals surface area (Å²) in [6.45, 7) is 1.75. The van der Waals surface area contributed by atoms with Gasteiger partial charge in [-0.05, 0) is 12.1 Å². The van der Waals surface area contributed by atoms with Crippen LogP contribution in [0.15, 0.2) is 24.5 Å². The van der Waals surface area contributed by atoms with Gasteiger partial charge in [0.1, 0.15) is 0 Å². The van der Waals surface area contributed by atoms with Gasteiger partial charge in [-0.2, -0.15) is 0 Å². The zero-order valence-electron chi connectivity index (χ0n) is 7.47. The maximum Gasteiger partial charge on any atom is 0.223 e. The summed E-state index contributed by atoms with van der Waals surface area (Å²) in [6.07, 6.45) is 3.23. The lowest BCUT2D eigenvalue weighted by Crippen LogP contribution is -2.31. The quantitative estimate of drug-likeness (QED) is 0.733. The number of amides is 1. The van der Waals surface area contributed by atoms with Crippen LogP contribution in [0.3, 0.4) is 0 Å². The third-order valence-corrected chi connectivity index (χ3v) is 1.68. The maximum atomic E-state index is 11.1. The Hall–Kier alpha value is -1.42. The van der Waals surface area contributed by atoms with Crippen molar-refractivity contribution in [3.8, 4) is 0 Å². The number of rotatable bonds is 3. The molecule has 0 aliphatic heterocycles. The van der Waals surface area contributed by atoms with E-state index >= 15 is 0 Å². The van der Waals surface area contributed by atoms with Crippen molar-refractivity contribution in [1.82, 2.24) is 4.98 Å². The highest BCUT2D eigenvalue weighted by Gasteiger charge is 2.09. The van der Waals surface area contributed by atoms with Gasteiger partial charge in [0.05, 0.1) is 6.61 Å². The molecule has 0 unspecified atom stereocenters. The van der Waals surface area contributed by atoms with Crippen molar-refractivity contribution in [2.75, 3.05) is 18.1 Å². The van der Waals surface area contributed by atoms with Crippen LogP contribution in [0, 0.1) is 0 Å². The minimum Gasteiger partial charge on any atom is -0.395 e. The fraction of sp³-hybridized carbons (Fsp3) is 0.333. The molecule has 1 aromatic rings. The van der Waals surface area contributed by atoms with Gasteiger partial charge in [0, 0.05) is 31.5 Å². The fourth-order valence-corrected chi connectivity index (χ4v) is 1.09. The molecule has 0 aliphatic carbocycles. The lowest BCUT2D eigenvalue weighted by atomic mass is 10.3. The first-order chi connectivity index (χ1) is 6.25. The van der Waals surface area contributed by atoms with E-state index in [1.165, 1.54) is 11.8 Å². The summed E-state index contributed by atoms with van der Waals surface area (Å²) < 4.78 is 0. The van der Waals surface area contributed by atoms with Crippen molar-refractivity contribution in [3.63, 3.8) is 0 Å². The molecule has 0 saturated carbocycles. The van der Waals surface area contributed by atoms with Crippen molar-refractivity contribution >= 4 is 11.6 Å². The summed E-state index contributed by atoms with van der Waals surface area (Å²) in [4.78, 5) is 16.5. The summed E-state index contributed by atoms with van der Waals surface area (Å²) >= 11 is 0. The number of pyridine rings is 1. The molecule has 0 aliphatic rings. The molecule has 4 heteroatoms. The molecule has 1 N–H and O–H groups in total. The third-order valence-electron chi connectivity index (χ3n) is 1.68. The predicted molar refractivity (Wildman–Crippen MR) is 49.3 cm³/mol. The number of anilines is 1. The van der Waals surface area contributed by atoms with Gasteiger partial charge in [0.2, 0.25) is 5.91 Å². The molecule has 0 bridgehead atoms. The lowest BCUT2D eigenvalue weighted by molar-refractivity contribution is -0.116. The van der Waals surface area contributed by atoms with Gasteiger partial charge >= 0.3 is 0 Å². The number of aromatic nitrogens is 1. The lowest BCUT2D eigenvalue weighted by Gasteiger charge is -2.19. The van der Waals surface area contributed by atoms with Crippen LogP contribution in [0.2, 0.25) is 0 Å². The summed E-state index contributed by atoms with van der Waals surface area (Å²) in [5.74, 6) is -0.0831. The Labute approximate surface area is 76.8 Å². The van der Waals surface area contributed by atoms with Crippen LogP contribution in [0.1, 0.15) is 6.92 Å². The Balaban J connectivity index is 2.82. The van der Waals surface area contributed by atoms with Crippen LogP contribution in [0.4, 0.5) is 5.69 Å². The third kappa shape index (κ3) is 2.52. The van der Waals surface area contributed by atoms with Crippen LogP contribution in [0.5, 0.6) is 0 Å². The summed E-state index contributed by atoms with van der Waals surface area (Å²) in [7, 11) is 0. The largest absolute Gasteiger partial charge is 0.395 e. The molecule has 0 spiro atoms. The van der Waals surface area contributed by atoms with Crippen LogP contribution in [-0.4, -0.2) is 29.1 Å². The molecule has 0 aromatic carbocycles. The van der Waals surface area contributed by atoms with Crippen LogP contribution < -0.4 is 4.90 Å². The monoisotopic (exact) mass is 180 g/mol. The van der Waals surface area contributed by atoms with Gasteiger partial charge in [0.15, 0.2) is 0 Å². The minimum absolute atomic E-state index is 0.0398. The Morgan fingerprint density at radius 3 is 2.62 bits per heavy atom. The average molecular weight is 180 g/mol. The van der Waals surface area contributed by atoms with Crippen LogP contribution in [-0.2, 0) is 4.79 Å². The number of carbonyl (C=O) groups excluding carboxylic acids is 1. The first-order valence-electron chi connectivity index (χ1n) is 4.04. The van der Waals surface area contributed by atoms with Gasteiger partial charge in [-0.15, -0.1) is 0 Å². The summed E-state index contributed by atoms with van der Waals surface area (Å²) in [6, 6.07) is 3.47. The Bertz CT molecular complexity index is 274. The molecule has 0 radical (unpaired) electrons. The van der Waals surface area contributed by atoms with Crippen LogP contribution in [0.25, 0.3) is 0 Å². The molecule has 0 atom stereocenters. The van der Waals surface area contributed by atoms with Crippen LogP contribution >= 0.6 is 0 Å². The first kappa shape index (κ1) is 9.67. The molecule has 70 valence electrons. The zero-order valence-corrected chi connectivity index (χ0v) is 7.47. The highest BCUT2D eigenvalue weighted by molar-refractivity contribution is 5.91. The van der Waals surface area contributed by atoms with Crippen molar-refractivity contribution in [1.29, 1.82) is 0 Å². The molecule has 1 heterocycles. The standard InChI is InChI=1S/C9H12N2O2/c1-8(13)11(6-7-12)9-2-4-10-5-3-9/h2-5,12H,6-7H2,1H3. The van der Waals surface area contributed by atoms with E-state index in [-0.39, 0.29) is 12.5 Å². The number of hydrogen-bond donors (Lipinski definition) is 1. The van der Waals surface area contributed by atoms with E-state index in [1.807, 2.05) is 0 Å². The molecule has 13 heavy (non-hydrogen) atoms. The van der Waals surface area contributed by atoms with E-state index in [1.54, 1.807) is 24.5 Å². The maximum absolute atomic E-state index is 11.1. The van der Waals surface area contributed by atoms with E-state index in [4.69, 9.17) is 5.11 Å². The van der Waals surface area contributed by atoms with E-state index in [2.05, 4.69) is 4.98 Å².